The Labute approximate surface area is 96.6 Å². The lowest BCUT2D eigenvalue weighted by molar-refractivity contribution is 0.975. The molecule has 1 unspecified atom stereocenters. The molecule has 6 heteroatoms. The second-order valence-electron chi connectivity index (χ2n) is 2.92. The molecule has 1 aromatic rings. The van der Waals surface area contributed by atoms with Gasteiger partial charge in [-0.05, 0) is 6.92 Å². The van der Waals surface area contributed by atoms with Crippen LogP contribution in [0.1, 0.15) is 18.0 Å². The molecule has 1 atom stereocenters. The van der Waals surface area contributed by atoms with Crippen LogP contribution in [-0.4, -0.2) is 33.2 Å². The highest BCUT2D eigenvalue weighted by atomic mass is 32.2. The summed E-state index contributed by atoms with van der Waals surface area (Å²) in [6.45, 7) is 2.99. The van der Waals surface area contributed by atoms with Gasteiger partial charge in [-0.15, -0.1) is 11.8 Å². The Morgan fingerprint density at radius 2 is 2.43 bits per heavy atom. The normalized spacial score (nSPS) is 22.2. The molecule has 0 bridgehead atoms. The highest BCUT2D eigenvalue weighted by molar-refractivity contribution is 8.06. The van der Waals surface area contributed by atoms with Crippen LogP contribution in [0.15, 0.2) is 0 Å². The number of aromatic nitrogens is 2. The third-order valence-electron chi connectivity index (χ3n) is 1.87. The Morgan fingerprint density at radius 1 is 1.50 bits per heavy atom. The van der Waals surface area contributed by atoms with Crippen LogP contribution in [0.4, 0.5) is 5.13 Å². The van der Waals surface area contributed by atoms with Gasteiger partial charge in [-0.25, -0.2) is 4.98 Å². The van der Waals surface area contributed by atoms with E-state index in [1.807, 2.05) is 23.5 Å². The molecule has 1 N–H and O–H groups in total. The maximum atomic E-state index is 4.49. The van der Waals surface area contributed by atoms with Gasteiger partial charge < -0.3 is 5.32 Å². The fourth-order valence-corrected chi connectivity index (χ4v) is 4.58. The molecule has 0 aliphatic carbocycles. The molecule has 14 heavy (non-hydrogen) atoms. The van der Waals surface area contributed by atoms with Crippen LogP contribution in [0.3, 0.4) is 0 Å². The molecule has 1 aliphatic rings. The first-order valence-electron chi connectivity index (χ1n) is 4.67. The van der Waals surface area contributed by atoms with Gasteiger partial charge in [-0.2, -0.15) is 16.1 Å². The van der Waals surface area contributed by atoms with Crippen molar-refractivity contribution in [1.82, 2.24) is 9.36 Å². The Kier molecular flexibility index (Phi) is 3.95. The van der Waals surface area contributed by atoms with E-state index in [0.29, 0.717) is 5.25 Å². The van der Waals surface area contributed by atoms with E-state index in [9.17, 15) is 0 Å². The van der Waals surface area contributed by atoms with Crippen molar-refractivity contribution >= 4 is 40.2 Å². The first-order valence-corrected chi connectivity index (χ1v) is 7.64. The van der Waals surface area contributed by atoms with E-state index < -0.39 is 0 Å². The highest BCUT2D eigenvalue weighted by Gasteiger charge is 2.20. The molecule has 0 amide bonds. The van der Waals surface area contributed by atoms with Crippen molar-refractivity contribution in [2.45, 2.75) is 12.2 Å². The third-order valence-corrected chi connectivity index (χ3v) is 5.31. The molecule has 78 valence electrons. The van der Waals surface area contributed by atoms with Gasteiger partial charge in [0.15, 0.2) is 5.82 Å². The summed E-state index contributed by atoms with van der Waals surface area (Å²) in [7, 11) is 0. The fourth-order valence-electron chi connectivity index (χ4n) is 1.23. The van der Waals surface area contributed by atoms with Gasteiger partial charge in [-0.1, -0.05) is 0 Å². The van der Waals surface area contributed by atoms with Crippen molar-refractivity contribution in [2.75, 3.05) is 29.1 Å². The van der Waals surface area contributed by atoms with Gasteiger partial charge in [-0.3, -0.25) is 0 Å². The molecule has 0 aromatic carbocycles. The van der Waals surface area contributed by atoms with Gasteiger partial charge in [0.05, 0.1) is 5.25 Å². The Hall–Kier alpha value is 0.0600. The molecule has 3 nitrogen and oxygen atoms in total. The molecule has 1 aromatic heterocycles. The van der Waals surface area contributed by atoms with Gasteiger partial charge in [0.2, 0.25) is 5.13 Å². The Balaban J connectivity index is 2.00. The first-order chi connectivity index (χ1) is 6.90. The average Bonchev–Trinajstić information content (AvgIpc) is 2.68. The molecule has 2 heterocycles. The van der Waals surface area contributed by atoms with Crippen molar-refractivity contribution in [3.8, 4) is 0 Å². The summed E-state index contributed by atoms with van der Waals surface area (Å²) in [5.41, 5.74) is 0. The molecular weight excluding hydrogens is 234 g/mol. The minimum Gasteiger partial charge on any atom is -0.361 e. The Morgan fingerprint density at radius 3 is 3.14 bits per heavy atom. The van der Waals surface area contributed by atoms with E-state index in [1.165, 1.54) is 23.0 Å². The van der Waals surface area contributed by atoms with Crippen molar-refractivity contribution in [3.05, 3.63) is 5.82 Å². The highest BCUT2D eigenvalue weighted by Crippen LogP contribution is 2.36. The smallest absolute Gasteiger partial charge is 0.202 e. The predicted octanol–water partition coefficient (Wildman–Crippen LogP) is 2.49. The van der Waals surface area contributed by atoms with Crippen LogP contribution in [0.2, 0.25) is 0 Å². The molecule has 1 fully saturated rings. The number of anilines is 1. The lowest BCUT2D eigenvalue weighted by Crippen LogP contribution is -2.08. The van der Waals surface area contributed by atoms with Crippen LogP contribution < -0.4 is 5.32 Å². The number of rotatable bonds is 3. The number of nitrogens with zero attached hydrogens (tertiary/aromatic N) is 2. The van der Waals surface area contributed by atoms with Crippen molar-refractivity contribution < 1.29 is 0 Å². The predicted molar refractivity (Wildman–Crippen MR) is 66.6 cm³/mol. The van der Waals surface area contributed by atoms with E-state index in [1.54, 1.807) is 0 Å². The Bertz CT molecular complexity index is 283. The summed E-state index contributed by atoms with van der Waals surface area (Å²) in [6.07, 6.45) is 0. The van der Waals surface area contributed by atoms with E-state index in [-0.39, 0.29) is 0 Å². The minimum atomic E-state index is 0.511. The third kappa shape index (κ3) is 2.55. The van der Waals surface area contributed by atoms with Crippen LogP contribution >= 0.6 is 35.1 Å². The maximum absolute atomic E-state index is 4.49. The van der Waals surface area contributed by atoms with Gasteiger partial charge in [0.1, 0.15) is 0 Å². The van der Waals surface area contributed by atoms with Crippen LogP contribution in [0.5, 0.6) is 0 Å². The minimum absolute atomic E-state index is 0.511. The fraction of sp³-hybridized carbons (Fsp3) is 0.750. The standard InChI is InChI=1S/C8H13N3S3/c1-2-9-8-10-7(11-14-8)6-5-12-3-4-13-6/h6H,2-5H2,1H3,(H,9,10,11). The van der Waals surface area contributed by atoms with Crippen molar-refractivity contribution in [3.63, 3.8) is 0 Å². The lowest BCUT2D eigenvalue weighted by Gasteiger charge is -2.17. The van der Waals surface area contributed by atoms with E-state index in [4.69, 9.17) is 0 Å². The number of hydrogen-bond donors (Lipinski definition) is 1. The number of nitrogens with one attached hydrogen (secondary N) is 1. The topological polar surface area (TPSA) is 37.8 Å². The van der Waals surface area contributed by atoms with Gasteiger partial charge >= 0.3 is 0 Å². The maximum Gasteiger partial charge on any atom is 0.202 e. The zero-order valence-corrected chi connectivity index (χ0v) is 10.5. The second kappa shape index (κ2) is 5.23. The summed E-state index contributed by atoms with van der Waals surface area (Å²) in [4.78, 5) is 4.49. The summed E-state index contributed by atoms with van der Waals surface area (Å²) in [5.74, 6) is 4.67. The van der Waals surface area contributed by atoms with Crippen LogP contribution in [-0.2, 0) is 0 Å². The summed E-state index contributed by atoms with van der Waals surface area (Å²) in [5, 5.41) is 4.66. The molecule has 1 aliphatic heterocycles. The van der Waals surface area contributed by atoms with Gasteiger partial charge in [0, 0.05) is 35.3 Å². The zero-order valence-electron chi connectivity index (χ0n) is 8.02. The number of hydrogen-bond acceptors (Lipinski definition) is 6. The zero-order chi connectivity index (χ0) is 9.80. The molecule has 0 radical (unpaired) electrons. The van der Waals surface area contributed by atoms with Crippen LogP contribution in [0, 0.1) is 0 Å². The van der Waals surface area contributed by atoms with Gasteiger partial charge in [0.25, 0.3) is 0 Å². The van der Waals surface area contributed by atoms with Crippen LogP contribution in [0.25, 0.3) is 0 Å². The molecule has 1 saturated heterocycles. The van der Waals surface area contributed by atoms with E-state index in [0.717, 1.165) is 23.3 Å². The molecule has 2 rings (SSSR count). The van der Waals surface area contributed by atoms with Crippen molar-refractivity contribution in [2.24, 2.45) is 0 Å². The largest absolute Gasteiger partial charge is 0.361 e. The molecule has 0 spiro atoms. The monoisotopic (exact) mass is 247 g/mol. The molecule has 0 saturated carbocycles. The molecular formula is C8H13N3S3. The number of thioether (sulfide) groups is 2. The lowest BCUT2D eigenvalue weighted by atomic mass is 10.4. The second-order valence-corrected chi connectivity index (χ2v) is 6.13. The summed E-state index contributed by atoms with van der Waals surface area (Å²) >= 11 is 5.46. The van der Waals surface area contributed by atoms with E-state index >= 15 is 0 Å². The quantitative estimate of drug-likeness (QED) is 0.888. The summed E-state index contributed by atoms with van der Waals surface area (Å²) < 4.78 is 4.39. The van der Waals surface area contributed by atoms with E-state index in [2.05, 4.69) is 21.6 Å². The SMILES string of the molecule is CCNc1nc(C2CSCCS2)ns1. The average molecular weight is 247 g/mol. The summed E-state index contributed by atoms with van der Waals surface area (Å²) in [6, 6.07) is 0. The van der Waals surface area contributed by atoms with Crippen molar-refractivity contribution in [1.29, 1.82) is 0 Å². The first kappa shape index (κ1) is 10.6.